The topological polar surface area (TPSA) is 27.7 Å². The van der Waals surface area contributed by atoms with Crippen molar-refractivity contribution in [3.05, 3.63) is 24.3 Å². The monoisotopic (exact) mass is 270 g/mol. The van der Waals surface area contributed by atoms with Gasteiger partial charge in [-0.3, -0.25) is 0 Å². The van der Waals surface area contributed by atoms with E-state index in [1.807, 2.05) is 38.1 Å². The van der Waals surface area contributed by atoms with Crippen LogP contribution >= 0.6 is 11.6 Å². The Kier molecular flexibility index (Phi) is 4.72. The number of ether oxygens (including phenoxy) is 3. The van der Waals surface area contributed by atoms with Gasteiger partial charge in [-0.05, 0) is 38.1 Å². The lowest BCUT2D eigenvalue weighted by molar-refractivity contribution is -0.0759. The second-order valence-electron chi connectivity index (χ2n) is 4.23. The molecule has 18 heavy (non-hydrogen) atoms. The Morgan fingerprint density at radius 3 is 2.33 bits per heavy atom. The predicted octanol–water partition coefficient (Wildman–Crippen LogP) is 3.25. The maximum atomic E-state index is 6.10. The molecular formula is C14H19ClO3. The van der Waals surface area contributed by atoms with E-state index in [2.05, 4.69) is 0 Å². The lowest BCUT2D eigenvalue weighted by atomic mass is 9.91. The van der Waals surface area contributed by atoms with Gasteiger partial charge in [0.25, 0.3) is 0 Å². The molecule has 1 aliphatic rings. The number of benzene rings is 1. The SMILES string of the molecule is CCOc1ccc(OC2CC(Cl)C2OCC)cc1. The molecular weight excluding hydrogens is 252 g/mol. The summed E-state index contributed by atoms with van der Waals surface area (Å²) in [5.41, 5.74) is 0. The molecule has 4 heteroatoms. The molecule has 3 nitrogen and oxygen atoms in total. The van der Waals surface area contributed by atoms with Crippen LogP contribution in [0.4, 0.5) is 0 Å². The normalized spacial score (nSPS) is 26.5. The molecule has 0 bridgehead atoms. The molecule has 0 radical (unpaired) electrons. The highest BCUT2D eigenvalue weighted by Crippen LogP contribution is 2.33. The number of rotatable bonds is 6. The van der Waals surface area contributed by atoms with Crippen LogP contribution in [0.2, 0.25) is 0 Å². The molecule has 0 aliphatic heterocycles. The van der Waals surface area contributed by atoms with E-state index in [-0.39, 0.29) is 17.6 Å². The van der Waals surface area contributed by atoms with E-state index in [0.717, 1.165) is 17.9 Å². The van der Waals surface area contributed by atoms with Crippen LogP contribution in [-0.4, -0.2) is 30.8 Å². The van der Waals surface area contributed by atoms with Crippen molar-refractivity contribution in [1.82, 2.24) is 0 Å². The summed E-state index contributed by atoms with van der Waals surface area (Å²) >= 11 is 6.10. The summed E-state index contributed by atoms with van der Waals surface area (Å²) in [5, 5.41) is 0.0673. The van der Waals surface area contributed by atoms with E-state index in [1.54, 1.807) is 0 Å². The first-order chi connectivity index (χ1) is 8.74. The van der Waals surface area contributed by atoms with Gasteiger partial charge in [0.15, 0.2) is 0 Å². The maximum Gasteiger partial charge on any atom is 0.128 e. The molecule has 1 aliphatic carbocycles. The molecule has 1 saturated carbocycles. The van der Waals surface area contributed by atoms with Crippen molar-refractivity contribution < 1.29 is 14.2 Å². The Morgan fingerprint density at radius 2 is 1.78 bits per heavy atom. The fourth-order valence-corrected chi connectivity index (χ4v) is 2.41. The zero-order valence-electron chi connectivity index (χ0n) is 10.8. The molecule has 0 saturated heterocycles. The fourth-order valence-electron chi connectivity index (χ4n) is 2.00. The van der Waals surface area contributed by atoms with Gasteiger partial charge in [0.05, 0.1) is 12.0 Å². The zero-order chi connectivity index (χ0) is 13.0. The minimum Gasteiger partial charge on any atom is -0.494 e. The van der Waals surface area contributed by atoms with Crippen LogP contribution in [0, 0.1) is 0 Å². The van der Waals surface area contributed by atoms with E-state index in [4.69, 9.17) is 25.8 Å². The number of hydrogen-bond donors (Lipinski definition) is 0. The van der Waals surface area contributed by atoms with Crippen molar-refractivity contribution in [1.29, 1.82) is 0 Å². The van der Waals surface area contributed by atoms with E-state index in [1.165, 1.54) is 0 Å². The van der Waals surface area contributed by atoms with Gasteiger partial charge in [-0.15, -0.1) is 11.6 Å². The molecule has 0 amide bonds. The molecule has 0 aromatic heterocycles. The summed E-state index contributed by atoms with van der Waals surface area (Å²) < 4.78 is 16.8. The van der Waals surface area contributed by atoms with Crippen molar-refractivity contribution in [3.63, 3.8) is 0 Å². The Balaban J connectivity index is 1.89. The highest BCUT2D eigenvalue weighted by atomic mass is 35.5. The van der Waals surface area contributed by atoms with Crippen molar-refractivity contribution >= 4 is 11.6 Å². The van der Waals surface area contributed by atoms with Crippen LogP contribution in [0.3, 0.4) is 0 Å². The fraction of sp³-hybridized carbons (Fsp3) is 0.571. The average Bonchev–Trinajstić information content (AvgIpc) is 2.38. The third kappa shape index (κ3) is 3.09. The third-order valence-corrected chi connectivity index (χ3v) is 3.39. The van der Waals surface area contributed by atoms with E-state index >= 15 is 0 Å². The van der Waals surface area contributed by atoms with Crippen LogP contribution < -0.4 is 9.47 Å². The van der Waals surface area contributed by atoms with Gasteiger partial charge in [-0.2, -0.15) is 0 Å². The largest absolute Gasteiger partial charge is 0.494 e. The Labute approximate surface area is 113 Å². The summed E-state index contributed by atoms with van der Waals surface area (Å²) in [6.07, 6.45) is 0.896. The van der Waals surface area contributed by atoms with Gasteiger partial charge >= 0.3 is 0 Å². The van der Waals surface area contributed by atoms with Crippen LogP contribution in [0.15, 0.2) is 24.3 Å². The van der Waals surface area contributed by atoms with Crippen molar-refractivity contribution in [2.24, 2.45) is 0 Å². The molecule has 1 aromatic rings. The number of alkyl halides is 1. The van der Waals surface area contributed by atoms with E-state index < -0.39 is 0 Å². The molecule has 3 atom stereocenters. The van der Waals surface area contributed by atoms with Gasteiger partial charge < -0.3 is 14.2 Å². The first-order valence-electron chi connectivity index (χ1n) is 6.39. The molecule has 100 valence electrons. The highest BCUT2D eigenvalue weighted by Gasteiger charge is 2.42. The first kappa shape index (κ1) is 13.5. The Bertz CT molecular complexity index is 366. The average molecular weight is 271 g/mol. The third-order valence-electron chi connectivity index (χ3n) is 2.96. The summed E-state index contributed by atoms with van der Waals surface area (Å²) in [6, 6.07) is 7.64. The summed E-state index contributed by atoms with van der Waals surface area (Å²) in [5.74, 6) is 1.69. The van der Waals surface area contributed by atoms with Gasteiger partial charge in [-0.25, -0.2) is 0 Å². The minimum atomic E-state index is 0.00300. The standard InChI is InChI=1S/C14H19ClO3/c1-3-16-10-5-7-11(8-6-10)18-13-9-12(15)14(13)17-4-2/h5-8,12-14H,3-4,9H2,1-2H3. The minimum absolute atomic E-state index is 0.00300. The summed E-state index contributed by atoms with van der Waals surface area (Å²) in [6.45, 7) is 5.27. The van der Waals surface area contributed by atoms with Crippen molar-refractivity contribution in [2.75, 3.05) is 13.2 Å². The van der Waals surface area contributed by atoms with Gasteiger partial charge in [0.2, 0.25) is 0 Å². The molecule has 2 rings (SSSR count). The van der Waals surface area contributed by atoms with Gasteiger partial charge in [0.1, 0.15) is 23.7 Å². The van der Waals surface area contributed by atoms with Crippen LogP contribution in [0.25, 0.3) is 0 Å². The Morgan fingerprint density at radius 1 is 1.11 bits per heavy atom. The zero-order valence-corrected chi connectivity index (χ0v) is 11.5. The molecule has 3 unspecified atom stereocenters. The molecule has 1 fully saturated rings. The highest BCUT2D eigenvalue weighted by molar-refractivity contribution is 6.21. The van der Waals surface area contributed by atoms with E-state index in [9.17, 15) is 0 Å². The van der Waals surface area contributed by atoms with Crippen LogP contribution in [0.5, 0.6) is 11.5 Å². The number of hydrogen-bond acceptors (Lipinski definition) is 3. The smallest absolute Gasteiger partial charge is 0.128 e. The maximum absolute atomic E-state index is 6.10. The quantitative estimate of drug-likeness (QED) is 0.743. The second-order valence-corrected chi connectivity index (χ2v) is 4.79. The van der Waals surface area contributed by atoms with Crippen LogP contribution in [0.1, 0.15) is 20.3 Å². The Hall–Kier alpha value is -0.930. The summed E-state index contributed by atoms with van der Waals surface area (Å²) in [4.78, 5) is 0. The van der Waals surface area contributed by atoms with E-state index in [0.29, 0.717) is 13.2 Å². The lowest BCUT2D eigenvalue weighted by Crippen LogP contribution is -2.52. The molecule has 0 heterocycles. The molecule has 0 spiro atoms. The van der Waals surface area contributed by atoms with Gasteiger partial charge in [0, 0.05) is 13.0 Å². The van der Waals surface area contributed by atoms with Crippen LogP contribution in [-0.2, 0) is 4.74 Å². The lowest BCUT2D eigenvalue weighted by Gasteiger charge is -2.40. The van der Waals surface area contributed by atoms with Gasteiger partial charge in [-0.1, -0.05) is 0 Å². The summed E-state index contributed by atoms with van der Waals surface area (Å²) in [7, 11) is 0. The molecule has 1 aromatic carbocycles. The first-order valence-corrected chi connectivity index (χ1v) is 6.83. The van der Waals surface area contributed by atoms with Crippen molar-refractivity contribution in [2.45, 2.75) is 37.9 Å². The number of halogens is 1. The predicted molar refractivity (Wildman–Crippen MR) is 71.7 cm³/mol. The second kappa shape index (κ2) is 6.30. The van der Waals surface area contributed by atoms with Crippen molar-refractivity contribution in [3.8, 4) is 11.5 Å². The molecule has 0 N–H and O–H groups in total.